The van der Waals surface area contributed by atoms with Gasteiger partial charge in [-0.2, -0.15) is 0 Å². The standard InChI is InChI=1S/C22H19F7S/c1-12-7-13(2)22(19(24)8-12)17-9-14(3)21(15(4)10-17)16-5-6-20(18(23)11-16)30(25,26,27,28)29/h5-11H,1-4H3. The van der Waals surface area contributed by atoms with E-state index >= 15 is 0 Å². The van der Waals surface area contributed by atoms with Gasteiger partial charge in [-0.3, -0.25) is 0 Å². The Morgan fingerprint density at radius 1 is 0.567 bits per heavy atom. The molecule has 0 amide bonds. The largest absolute Gasteiger partial charge is 0.313 e. The summed E-state index contributed by atoms with van der Waals surface area (Å²) in [6.45, 7) is 6.81. The third-order valence-corrected chi connectivity index (χ3v) is 6.05. The molecule has 0 atom stereocenters. The van der Waals surface area contributed by atoms with E-state index in [0.717, 1.165) is 11.6 Å². The molecule has 0 bridgehead atoms. The first-order valence-electron chi connectivity index (χ1n) is 8.90. The van der Waals surface area contributed by atoms with Gasteiger partial charge in [-0.05, 0) is 84.8 Å². The van der Waals surface area contributed by atoms with Crippen LogP contribution in [0.5, 0.6) is 0 Å². The van der Waals surface area contributed by atoms with Crippen LogP contribution in [0.15, 0.2) is 47.4 Å². The minimum absolute atomic E-state index is 0.0285. The normalized spacial score (nSPS) is 14.4. The molecule has 0 aliphatic rings. The molecule has 0 fully saturated rings. The van der Waals surface area contributed by atoms with Gasteiger partial charge in [-0.1, -0.05) is 43.7 Å². The van der Waals surface area contributed by atoms with Crippen molar-refractivity contribution in [2.45, 2.75) is 32.6 Å². The summed E-state index contributed by atoms with van der Waals surface area (Å²) in [5, 5.41) is 0. The minimum atomic E-state index is -10.1. The summed E-state index contributed by atoms with van der Waals surface area (Å²) in [6.07, 6.45) is 0. The van der Waals surface area contributed by atoms with Crippen LogP contribution < -0.4 is 0 Å². The van der Waals surface area contributed by atoms with E-state index in [0.29, 0.717) is 39.4 Å². The predicted molar refractivity (Wildman–Crippen MR) is 108 cm³/mol. The number of hydrogen-bond donors (Lipinski definition) is 0. The van der Waals surface area contributed by atoms with E-state index in [1.54, 1.807) is 39.8 Å². The van der Waals surface area contributed by atoms with Crippen molar-refractivity contribution in [3.63, 3.8) is 0 Å². The van der Waals surface area contributed by atoms with Crippen LogP contribution >= 0.6 is 10.2 Å². The van der Waals surface area contributed by atoms with Gasteiger partial charge in [0.05, 0.1) is 0 Å². The van der Waals surface area contributed by atoms with Crippen LogP contribution in [-0.2, 0) is 0 Å². The fourth-order valence-corrected chi connectivity index (χ4v) is 4.57. The maximum absolute atomic E-state index is 14.5. The summed E-state index contributed by atoms with van der Waals surface area (Å²) in [6, 6.07) is 7.85. The molecule has 0 radical (unpaired) electrons. The Hall–Kier alpha value is -2.48. The highest BCUT2D eigenvalue weighted by molar-refractivity contribution is 8.45. The summed E-state index contributed by atoms with van der Waals surface area (Å²) in [5.74, 6) is -2.44. The summed E-state index contributed by atoms with van der Waals surface area (Å²) >= 11 is 0. The van der Waals surface area contributed by atoms with Crippen molar-refractivity contribution < 1.29 is 28.2 Å². The molecule has 0 aliphatic carbocycles. The van der Waals surface area contributed by atoms with Gasteiger partial charge >= 0.3 is 10.2 Å². The predicted octanol–water partition coefficient (Wildman–Crippen LogP) is 9.19. The van der Waals surface area contributed by atoms with Gasteiger partial charge in [0.25, 0.3) is 0 Å². The number of aryl methyl sites for hydroxylation is 4. The lowest BCUT2D eigenvalue weighted by molar-refractivity contribution is 0.355. The first-order valence-corrected chi connectivity index (χ1v) is 10.9. The second kappa shape index (κ2) is 6.26. The first-order chi connectivity index (χ1) is 13.5. The van der Waals surface area contributed by atoms with E-state index in [1.807, 2.05) is 6.07 Å². The molecular weight excluding hydrogens is 429 g/mol. The second-order valence-electron chi connectivity index (χ2n) is 7.54. The van der Waals surface area contributed by atoms with Crippen LogP contribution in [0.4, 0.5) is 28.2 Å². The van der Waals surface area contributed by atoms with Gasteiger partial charge in [0.2, 0.25) is 0 Å². The lowest BCUT2D eigenvalue weighted by atomic mass is 9.89. The first kappa shape index (κ1) is 22.2. The Morgan fingerprint density at radius 3 is 1.57 bits per heavy atom. The van der Waals surface area contributed by atoms with Crippen LogP contribution in [0.2, 0.25) is 0 Å². The molecule has 0 saturated heterocycles. The Morgan fingerprint density at radius 2 is 1.10 bits per heavy atom. The summed E-state index contributed by atoms with van der Waals surface area (Å²) in [7, 11) is -10.1. The van der Waals surface area contributed by atoms with Crippen LogP contribution in [0.25, 0.3) is 22.3 Å². The van der Waals surface area contributed by atoms with Crippen molar-refractivity contribution in [2.24, 2.45) is 0 Å². The van der Waals surface area contributed by atoms with Gasteiger partial charge in [0.1, 0.15) is 16.5 Å². The third-order valence-electron chi connectivity index (χ3n) is 4.89. The maximum atomic E-state index is 14.5. The zero-order valence-corrected chi connectivity index (χ0v) is 17.4. The summed E-state index contributed by atoms with van der Waals surface area (Å²) in [4.78, 5) is -2.54. The highest BCUT2D eigenvalue weighted by atomic mass is 32.5. The van der Waals surface area contributed by atoms with Crippen molar-refractivity contribution in [3.05, 3.63) is 76.4 Å². The van der Waals surface area contributed by atoms with E-state index in [9.17, 15) is 28.2 Å². The Labute approximate surface area is 170 Å². The molecular formula is C22H19F7S. The topological polar surface area (TPSA) is 0 Å². The average molecular weight is 448 g/mol. The van der Waals surface area contributed by atoms with Crippen LogP contribution in [0.1, 0.15) is 22.3 Å². The molecule has 3 aromatic rings. The SMILES string of the molecule is Cc1cc(C)c(-c2cc(C)c(-c3ccc(S(F)(F)(F)(F)F)c(F)c3)c(C)c2)c(F)c1. The minimum Gasteiger partial charge on any atom is -0.206 e. The highest BCUT2D eigenvalue weighted by Crippen LogP contribution is 3.02. The van der Waals surface area contributed by atoms with Crippen molar-refractivity contribution in [2.75, 3.05) is 0 Å². The fraction of sp³-hybridized carbons (Fsp3) is 0.182. The molecule has 8 heteroatoms. The molecule has 30 heavy (non-hydrogen) atoms. The fourth-order valence-electron chi connectivity index (χ4n) is 3.81. The van der Waals surface area contributed by atoms with E-state index < -0.39 is 26.8 Å². The lowest BCUT2D eigenvalue weighted by Crippen LogP contribution is -2.08. The van der Waals surface area contributed by atoms with Crippen molar-refractivity contribution in [1.82, 2.24) is 0 Å². The van der Waals surface area contributed by atoms with Gasteiger partial charge in [0, 0.05) is 5.56 Å². The van der Waals surface area contributed by atoms with Crippen molar-refractivity contribution >= 4 is 10.2 Å². The van der Waals surface area contributed by atoms with Gasteiger partial charge < -0.3 is 0 Å². The third kappa shape index (κ3) is 4.19. The number of hydrogen-bond acceptors (Lipinski definition) is 0. The van der Waals surface area contributed by atoms with Crippen molar-refractivity contribution in [3.8, 4) is 22.3 Å². The molecule has 3 aromatic carbocycles. The van der Waals surface area contributed by atoms with Crippen LogP contribution in [0.3, 0.4) is 0 Å². The lowest BCUT2D eigenvalue weighted by Gasteiger charge is -2.40. The Bertz CT molecular complexity index is 1130. The zero-order valence-electron chi connectivity index (χ0n) is 16.6. The van der Waals surface area contributed by atoms with Gasteiger partial charge in [-0.25, -0.2) is 8.78 Å². The average Bonchev–Trinajstić information content (AvgIpc) is 2.50. The Kier molecular flexibility index (Phi) is 4.64. The van der Waals surface area contributed by atoms with Crippen LogP contribution in [-0.4, -0.2) is 0 Å². The molecule has 0 aromatic heterocycles. The molecule has 0 nitrogen and oxygen atoms in total. The molecule has 0 unspecified atom stereocenters. The molecule has 0 heterocycles. The quantitative estimate of drug-likeness (QED) is 0.350. The van der Waals surface area contributed by atoms with Crippen LogP contribution in [0, 0.1) is 39.3 Å². The molecule has 0 N–H and O–H groups in total. The molecule has 0 spiro atoms. The monoisotopic (exact) mass is 448 g/mol. The molecule has 0 aliphatic heterocycles. The highest BCUT2D eigenvalue weighted by Gasteiger charge is 2.67. The van der Waals surface area contributed by atoms with Gasteiger partial charge in [-0.15, -0.1) is 0 Å². The van der Waals surface area contributed by atoms with E-state index in [-0.39, 0.29) is 11.6 Å². The van der Waals surface area contributed by atoms with E-state index in [1.165, 1.54) is 6.07 Å². The summed E-state index contributed by atoms with van der Waals surface area (Å²) in [5.41, 5.74) is 3.95. The Balaban J connectivity index is 2.16. The number of halogens is 7. The number of benzene rings is 3. The smallest absolute Gasteiger partial charge is 0.206 e. The van der Waals surface area contributed by atoms with E-state index in [2.05, 4.69) is 0 Å². The second-order valence-corrected chi connectivity index (χ2v) is 9.92. The van der Waals surface area contributed by atoms with Crippen molar-refractivity contribution in [1.29, 1.82) is 0 Å². The number of rotatable bonds is 3. The molecule has 3 rings (SSSR count). The van der Waals surface area contributed by atoms with E-state index in [4.69, 9.17) is 0 Å². The molecule has 0 saturated carbocycles. The van der Waals surface area contributed by atoms with Gasteiger partial charge in [0.15, 0.2) is 0 Å². The summed E-state index contributed by atoms with van der Waals surface area (Å²) < 4.78 is 93.4. The molecule has 162 valence electrons. The zero-order chi connectivity index (χ0) is 22.7. The maximum Gasteiger partial charge on any atom is 0.313 e.